The number of aliphatic imine (C=N–C) groups is 1. The van der Waals surface area contributed by atoms with E-state index < -0.39 is 11.3 Å². The molecule has 0 bridgehead atoms. The second-order valence-corrected chi connectivity index (χ2v) is 3.76. The Hall–Kier alpha value is -0.450. The van der Waals surface area contributed by atoms with Crippen molar-refractivity contribution in [3.63, 3.8) is 0 Å². The van der Waals surface area contributed by atoms with Crippen LogP contribution in [-0.4, -0.2) is 11.3 Å². The molecule has 1 rings (SSSR count). The van der Waals surface area contributed by atoms with Gasteiger partial charge >= 0.3 is 6.18 Å². The summed E-state index contributed by atoms with van der Waals surface area (Å²) in [6.45, 7) is 0. The second kappa shape index (κ2) is 4.60. The van der Waals surface area contributed by atoms with Crippen LogP contribution in [0.4, 0.5) is 18.9 Å². The molecular formula is C8H3Cl3F3N. The van der Waals surface area contributed by atoms with Crippen molar-refractivity contribution in [1.82, 2.24) is 0 Å². The molecule has 0 saturated carbocycles. The first-order valence-electron chi connectivity index (χ1n) is 3.56. The van der Waals surface area contributed by atoms with Gasteiger partial charge in [-0.25, -0.2) is 4.99 Å². The molecule has 0 N–H and O–H groups in total. The Kier molecular flexibility index (Phi) is 3.87. The highest BCUT2D eigenvalue weighted by molar-refractivity contribution is 6.67. The molecule has 0 aliphatic heterocycles. The summed E-state index contributed by atoms with van der Waals surface area (Å²) >= 11 is 16.1. The van der Waals surface area contributed by atoms with Gasteiger partial charge in [-0.3, -0.25) is 0 Å². The number of hydrogen-bond donors (Lipinski definition) is 0. The fourth-order valence-electron chi connectivity index (χ4n) is 0.781. The maximum absolute atomic E-state index is 12.0. The smallest absolute Gasteiger partial charge is 0.232 e. The molecule has 0 aliphatic rings. The van der Waals surface area contributed by atoms with Gasteiger partial charge in [0.25, 0.3) is 0 Å². The molecule has 0 radical (unpaired) electrons. The van der Waals surface area contributed by atoms with Crippen LogP contribution in [-0.2, 0) is 0 Å². The van der Waals surface area contributed by atoms with Gasteiger partial charge in [0.2, 0.25) is 5.17 Å². The lowest BCUT2D eigenvalue weighted by molar-refractivity contribution is -0.0558. The summed E-state index contributed by atoms with van der Waals surface area (Å²) in [5, 5.41) is -1.10. The predicted octanol–water partition coefficient (Wildman–Crippen LogP) is 4.82. The molecule has 0 amide bonds. The summed E-state index contributed by atoms with van der Waals surface area (Å²) < 4.78 is 36.0. The number of hydrogen-bond acceptors (Lipinski definition) is 1. The van der Waals surface area contributed by atoms with Crippen molar-refractivity contribution in [3.05, 3.63) is 28.2 Å². The molecule has 1 nitrogen and oxygen atoms in total. The quantitative estimate of drug-likeness (QED) is 0.652. The monoisotopic (exact) mass is 275 g/mol. The van der Waals surface area contributed by atoms with Crippen molar-refractivity contribution in [3.8, 4) is 0 Å². The molecule has 0 aliphatic carbocycles. The van der Waals surface area contributed by atoms with Crippen LogP contribution in [0.25, 0.3) is 0 Å². The van der Waals surface area contributed by atoms with Crippen LogP contribution in [0, 0.1) is 0 Å². The van der Waals surface area contributed by atoms with E-state index in [0.29, 0.717) is 0 Å². The number of benzene rings is 1. The normalized spacial score (nSPS) is 13.1. The second-order valence-electron chi connectivity index (χ2n) is 2.53. The van der Waals surface area contributed by atoms with Crippen molar-refractivity contribution in [2.75, 3.05) is 0 Å². The van der Waals surface area contributed by atoms with Gasteiger partial charge in [0.15, 0.2) is 0 Å². The van der Waals surface area contributed by atoms with Crippen molar-refractivity contribution in [2.24, 2.45) is 4.99 Å². The van der Waals surface area contributed by atoms with E-state index in [4.69, 9.17) is 34.8 Å². The van der Waals surface area contributed by atoms with Gasteiger partial charge in [-0.05, 0) is 18.2 Å². The topological polar surface area (TPSA) is 12.4 Å². The van der Waals surface area contributed by atoms with Crippen molar-refractivity contribution >= 4 is 45.7 Å². The number of halogens is 6. The Morgan fingerprint density at radius 1 is 1.07 bits per heavy atom. The fraction of sp³-hybridized carbons (Fsp3) is 0.125. The summed E-state index contributed by atoms with van der Waals surface area (Å²) in [5.41, 5.74) is -0.0465. The van der Waals surface area contributed by atoms with E-state index in [9.17, 15) is 13.2 Å². The Morgan fingerprint density at radius 3 is 1.93 bits per heavy atom. The van der Waals surface area contributed by atoms with Crippen molar-refractivity contribution in [1.29, 1.82) is 0 Å². The van der Waals surface area contributed by atoms with Crippen LogP contribution in [0.5, 0.6) is 0 Å². The third-order valence-corrected chi connectivity index (χ3v) is 2.04. The molecule has 0 heterocycles. The van der Waals surface area contributed by atoms with Crippen molar-refractivity contribution in [2.45, 2.75) is 6.18 Å². The minimum absolute atomic E-state index is 0.0465. The van der Waals surface area contributed by atoms with E-state index in [2.05, 4.69) is 4.99 Å². The molecule has 0 saturated heterocycles. The van der Waals surface area contributed by atoms with Gasteiger partial charge in [-0.1, -0.05) is 34.8 Å². The Bertz CT molecular complexity index is 380. The third kappa shape index (κ3) is 3.89. The molecule has 1 aromatic carbocycles. The summed E-state index contributed by atoms with van der Waals surface area (Å²) in [4.78, 5) is 3.14. The van der Waals surface area contributed by atoms with Gasteiger partial charge in [0.1, 0.15) is 0 Å². The van der Waals surface area contributed by atoms with E-state index in [-0.39, 0.29) is 15.7 Å². The zero-order chi connectivity index (χ0) is 11.6. The van der Waals surface area contributed by atoms with Crippen LogP contribution in [0.1, 0.15) is 0 Å². The van der Waals surface area contributed by atoms with Gasteiger partial charge in [0.05, 0.1) is 5.69 Å². The van der Waals surface area contributed by atoms with E-state index in [1.807, 2.05) is 0 Å². The lowest BCUT2D eigenvalue weighted by atomic mass is 10.3. The average Bonchev–Trinajstić information content (AvgIpc) is 1.99. The Balaban J connectivity index is 3.08. The van der Waals surface area contributed by atoms with Gasteiger partial charge < -0.3 is 0 Å². The highest BCUT2D eigenvalue weighted by Gasteiger charge is 2.34. The first-order valence-corrected chi connectivity index (χ1v) is 4.70. The van der Waals surface area contributed by atoms with Crippen LogP contribution in [0.3, 0.4) is 0 Å². The number of nitrogens with zero attached hydrogens (tertiary/aromatic N) is 1. The Morgan fingerprint density at radius 2 is 1.53 bits per heavy atom. The SMILES string of the molecule is FC(F)(F)C(Cl)=Nc1cc(Cl)cc(Cl)c1. The molecule has 82 valence electrons. The largest absolute Gasteiger partial charge is 0.444 e. The molecule has 0 spiro atoms. The van der Waals surface area contributed by atoms with E-state index >= 15 is 0 Å². The summed E-state index contributed by atoms with van der Waals surface area (Å²) in [6.07, 6.45) is -4.67. The molecule has 15 heavy (non-hydrogen) atoms. The summed E-state index contributed by atoms with van der Waals surface area (Å²) in [5.74, 6) is 0. The highest BCUT2D eigenvalue weighted by atomic mass is 35.5. The molecule has 0 aromatic heterocycles. The van der Waals surface area contributed by atoms with Crippen LogP contribution >= 0.6 is 34.8 Å². The van der Waals surface area contributed by atoms with Gasteiger partial charge in [-0.15, -0.1) is 0 Å². The molecule has 0 atom stereocenters. The maximum atomic E-state index is 12.0. The number of rotatable bonds is 1. The highest BCUT2D eigenvalue weighted by Crippen LogP contribution is 2.28. The predicted molar refractivity (Wildman–Crippen MR) is 55.5 cm³/mol. The first-order chi connectivity index (χ1) is 6.79. The molecule has 1 aromatic rings. The maximum Gasteiger partial charge on any atom is 0.444 e. The zero-order valence-electron chi connectivity index (χ0n) is 6.95. The lowest BCUT2D eigenvalue weighted by Gasteiger charge is -2.03. The molecule has 0 fully saturated rings. The van der Waals surface area contributed by atoms with E-state index in [1.54, 1.807) is 0 Å². The summed E-state index contributed by atoms with van der Waals surface area (Å²) in [7, 11) is 0. The van der Waals surface area contributed by atoms with Crippen LogP contribution < -0.4 is 0 Å². The number of alkyl halides is 3. The molecule has 7 heteroatoms. The van der Waals surface area contributed by atoms with E-state index in [0.717, 1.165) is 0 Å². The Labute approximate surface area is 98.5 Å². The molecule has 0 unspecified atom stereocenters. The van der Waals surface area contributed by atoms with Crippen molar-refractivity contribution < 1.29 is 13.2 Å². The minimum Gasteiger partial charge on any atom is -0.232 e. The summed E-state index contributed by atoms with van der Waals surface area (Å²) in [6, 6.07) is 3.83. The standard InChI is InChI=1S/C8H3Cl3F3N/c9-4-1-5(10)3-6(2-4)15-7(11)8(12,13)14/h1-3H. The lowest BCUT2D eigenvalue weighted by Crippen LogP contribution is -2.16. The average molecular weight is 276 g/mol. The first kappa shape index (κ1) is 12.6. The molecular weight excluding hydrogens is 273 g/mol. The van der Waals surface area contributed by atoms with Gasteiger partial charge in [0, 0.05) is 10.0 Å². The third-order valence-electron chi connectivity index (χ3n) is 1.31. The zero-order valence-corrected chi connectivity index (χ0v) is 9.21. The van der Waals surface area contributed by atoms with Crippen LogP contribution in [0.15, 0.2) is 23.2 Å². The fourth-order valence-corrected chi connectivity index (χ4v) is 1.39. The van der Waals surface area contributed by atoms with Gasteiger partial charge in [-0.2, -0.15) is 13.2 Å². The van der Waals surface area contributed by atoms with Crippen LogP contribution in [0.2, 0.25) is 10.0 Å². The van der Waals surface area contributed by atoms with E-state index in [1.165, 1.54) is 18.2 Å². The minimum atomic E-state index is -4.67.